The Kier molecular flexibility index (Phi) is 8.24. The molecule has 1 atom stereocenters. The Balaban J connectivity index is 1.51. The van der Waals surface area contributed by atoms with E-state index >= 15 is 4.39 Å². The molecule has 0 fully saturated rings. The van der Waals surface area contributed by atoms with Gasteiger partial charge in [0.25, 0.3) is 5.91 Å². The molecule has 0 radical (unpaired) electrons. The average Bonchev–Trinajstić information content (AvgIpc) is 3.55. The molecule has 0 aliphatic carbocycles. The third-order valence-electron chi connectivity index (χ3n) is 5.87. The van der Waals surface area contributed by atoms with Crippen LogP contribution in [0.4, 0.5) is 28.0 Å². The van der Waals surface area contributed by atoms with Crippen molar-refractivity contribution in [3.63, 3.8) is 0 Å². The second-order valence-electron chi connectivity index (χ2n) is 10.5. The van der Waals surface area contributed by atoms with E-state index in [-0.39, 0.29) is 47.0 Å². The molecule has 44 heavy (non-hydrogen) atoms. The molecule has 1 aliphatic heterocycles. The Bertz CT molecular complexity index is 1690. The van der Waals surface area contributed by atoms with E-state index in [1.165, 1.54) is 29.2 Å². The first-order valence-electron chi connectivity index (χ1n) is 12.9. The van der Waals surface area contributed by atoms with Gasteiger partial charge in [-0.25, -0.2) is 9.18 Å². The van der Waals surface area contributed by atoms with Gasteiger partial charge in [0.15, 0.2) is 0 Å². The lowest BCUT2D eigenvalue weighted by molar-refractivity contribution is -0.274. The Hall–Kier alpha value is -4.67. The fourth-order valence-corrected chi connectivity index (χ4v) is 5.17. The Labute approximate surface area is 251 Å². The molecule has 0 unspecified atom stereocenters. The number of ether oxygens (including phenoxy) is 2. The van der Waals surface area contributed by atoms with Gasteiger partial charge in [0.2, 0.25) is 11.7 Å². The van der Waals surface area contributed by atoms with Gasteiger partial charge in [-0.3, -0.25) is 4.79 Å². The number of aromatic nitrogens is 4. The molecule has 232 valence electrons. The molecular weight excluding hydrogens is 612 g/mol. The standard InChI is InChI=1S/C27H24F4N6O6S/c1-13-34-35-23(40-13)22-33-21(36-43-22)16-9-19-20(10-17(16)28)44-12-18(32-25(39)42-26(2,3)4)24(38)37(19)11-14-5-7-15(8-6-14)41-27(29,30)31/h5-10,18H,11-12H2,1-4H3,(H,32,39)/t18-/m0/s1. The minimum Gasteiger partial charge on any atom is -0.444 e. The van der Waals surface area contributed by atoms with E-state index in [9.17, 15) is 22.8 Å². The van der Waals surface area contributed by atoms with Crippen molar-refractivity contribution in [2.24, 2.45) is 0 Å². The van der Waals surface area contributed by atoms with Crippen molar-refractivity contribution in [1.29, 1.82) is 0 Å². The predicted octanol–water partition coefficient (Wildman–Crippen LogP) is 5.66. The second-order valence-corrected chi connectivity index (χ2v) is 11.5. The molecule has 17 heteroatoms. The molecule has 0 saturated heterocycles. The molecule has 0 spiro atoms. The predicted molar refractivity (Wildman–Crippen MR) is 146 cm³/mol. The number of nitrogens with zero attached hydrogens (tertiary/aromatic N) is 5. The van der Waals surface area contributed by atoms with Gasteiger partial charge >= 0.3 is 24.2 Å². The normalized spacial score (nSPS) is 15.5. The number of nitrogens with one attached hydrogen (secondary N) is 1. The van der Waals surface area contributed by atoms with Crippen molar-refractivity contribution in [2.45, 2.75) is 57.1 Å². The molecule has 1 N–H and O–H groups in total. The molecule has 5 rings (SSSR count). The number of hydrogen-bond donors (Lipinski definition) is 1. The molecule has 0 saturated carbocycles. The minimum atomic E-state index is -4.88. The number of carbonyl (C=O) groups excluding carboxylic acids is 2. The van der Waals surface area contributed by atoms with E-state index in [2.05, 4.69) is 30.4 Å². The van der Waals surface area contributed by atoms with Crippen LogP contribution in [0, 0.1) is 12.7 Å². The van der Waals surface area contributed by atoms with Gasteiger partial charge in [0.1, 0.15) is 23.2 Å². The molecular formula is C27H24F4N6O6S. The number of halogens is 4. The van der Waals surface area contributed by atoms with Gasteiger partial charge in [0, 0.05) is 17.6 Å². The first kappa shape index (κ1) is 30.8. The molecule has 3 heterocycles. The first-order chi connectivity index (χ1) is 20.6. The smallest absolute Gasteiger partial charge is 0.444 e. The number of benzene rings is 2. The summed E-state index contributed by atoms with van der Waals surface area (Å²) in [4.78, 5) is 32.2. The van der Waals surface area contributed by atoms with E-state index in [0.717, 1.165) is 23.9 Å². The summed E-state index contributed by atoms with van der Waals surface area (Å²) >= 11 is 1.11. The fraction of sp³-hybridized carbons (Fsp3) is 0.333. The lowest BCUT2D eigenvalue weighted by Crippen LogP contribution is -2.50. The maximum atomic E-state index is 15.5. The summed E-state index contributed by atoms with van der Waals surface area (Å²) in [6.07, 6.45) is -5.71. The number of thioether (sulfide) groups is 1. The van der Waals surface area contributed by atoms with Crippen LogP contribution in [-0.2, 0) is 16.1 Å². The summed E-state index contributed by atoms with van der Waals surface area (Å²) in [5, 5.41) is 13.9. The van der Waals surface area contributed by atoms with Crippen LogP contribution in [-0.4, -0.2) is 56.1 Å². The first-order valence-corrected chi connectivity index (χ1v) is 13.9. The minimum absolute atomic E-state index is 0.0294. The third kappa shape index (κ3) is 7.27. The fourth-order valence-electron chi connectivity index (χ4n) is 4.09. The highest BCUT2D eigenvalue weighted by molar-refractivity contribution is 7.99. The molecule has 0 bridgehead atoms. The number of alkyl halides is 3. The van der Waals surface area contributed by atoms with E-state index in [0.29, 0.717) is 10.5 Å². The van der Waals surface area contributed by atoms with Crippen LogP contribution in [0.25, 0.3) is 23.2 Å². The number of hydrogen-bond acceptors (Lipinski definition) is 11. The molecule has 4 aromatic rings. The van der Waals surface area contributed by atoms with Crippen molar-refractivity contribution < 1.29 is 45.6 Å². The summed E-state index contributed by atoms with van der Waals surface area (Å²) in [5.41, 5.74) is -0.308. The van der Waals surface area contributed by atoms with Gasteiger partial charge in [-0.15, -0.1) is 35.1 Å². The van der Waals surface area contributed by atoms with Gasteiger partial charge in [-0.1, -0.05) is 17.3 Å². The number of rotatable bonds is 6. The maximum Gasteiger partial charge on any atom is 0.573 e. The molecule has 2 amide bonds. The van der Waals surface area contributed by atoms with Crippen molar-refractivity contribution in [3.05, 3.63) is 53.7 Å². The number of aryl methyl sites for hydroxylation is 1. The Morgan fingerprint density at radius 1 is 1.14 bits per heavy atom. The number of fused-ring (bicyclic) bond motifs is 1. The summed E-state index contributed by atoms with van der Waals surface area (Å²) < 4.78 is 73.1. The second kappa shape index (κ2) is 11.8. The van der Waals surface area contributed by atoms with Gasteiger partial charge < -0.3 is 28.6 Å². The van der Waals surface area contributed by atoms with Crippen molar-refractivity contribution >= 4 is 29.4 Å². The van der Waals surface area contributed by atoms with Gasteiger partial charge in [-0.2, -0.15) is 4.98 Å². The van der Waals surface area contributed by atoms with E-state index in [4.69, 9.17) is 13.7 Å². The van der Waals surface area contributed by atoms with Crippen molar-refractivity contribution in [3.8, 4) is 28.9 Å². The van der Waals surface area contributed by atoms with E-state index < -0.39 is 41.6 Å². The number of carbonyl (C=O) groups is 2. The summed E-state index contributed by atoms with van der Waals surface area (Å²) in [7, 11) is 0. The van der Waals surface area contributed by atoms with Crippen LogP contribution in [0.2, 0.25) is 0 Å². The summed E-state index contributed by atoms with van der Waals surface area (Å²) in [6.45, 7) is 6.40. The van der Waals surface area contributed by atoms with Crippen LogP contribution in [0.15, 0.2) is 50.2 Å². The molecule has 2 aromatic heterocycles. The van der Waals surface area contributed by atoms with Crippen LogP contribution in [0.5, 0.6) is 5.75 Å². The zero-order valence-corrected chi connectivity index (χ0v) is 24.4. The highest BCUT2D eigenvalue weighted by Gasteiger charge is 2.35. The summed E-state index contributed by atoms with van der Waals surface area (Å²) in [5.74, 6) is -1.88. The average molecular weight is 637 g/mol. The monoisotopic (exact) mass is 636 g/mol. The SMILES string of the molecule is Cc1nnc(-c2nc(-c3cc4c(cc3F)SC[C@H](NC(=O)OC(C)(C)C)C(=O)N4Cc3ccc(OC(F)(F)F)cc3)no2)o1. The Morgan fingerprint density at radius 3 is 2.50 bits per heavy atom. The number of amides is 2. The number of anilines is 1. The molecule has 12 nitrogen and oxygen atoms in total. The Morgan fingerprint density at radius 2 is 1.86 bits per heavy atom. The molecule has 1 aliphatic rings. The third-order valence-corrected chi connectivity index (χ3v) is 7.01. The zero-order valence-electron chi connectivity index (χ0n) is 23.6. The maximum absolute atomic E-state index is 15.5. The highest BCUT2D eigenvalue weighted by Crippen LogP contribution is 2.40. The van der Waals surface area contributed by atoms with Crippen LogP contribution in [0.3, 0.4) is 0 Å². The van der Waals surface area contributed by atoms with E-state index in [1.54, 1.807) is 27.7 Å². The number of alkyl carbamates (subject to hydrolysis) is 1. The lowest BCUT2D eigenvalue weighted by Gasteiger charge is -2.27. The lowest BCUT2D eigenvalue weighted by atomic mass is 10.1. The van der Waals surface area contributed by atoms with Gasteiger partial charge in [0.05, 0.1) is 17.8 Å². The highest BCUT2D eigenvalue weighted by atomic mass is 32.2. The van der Waals surface area contributed by atoms with Crippen LogP contribution >= 0.6 is 11.8 Å². The van der Waals surface area contributed by atoms with Gasteiger partial charge in [-0.05, 0) is 50.6 Å². The zero-order chi connectivity index (χ0) is 31.8. The van der Waals surface area contributed by atoms with Crippen LogP contribution < -0.4 is 15.0 Å². The van der Waals surface area contributed by atoms with Crippen LogP contribution in [0.1, 0.15) is 32.2 Å². The molecule has 2 aromatic carbocycles. The van der Waals surface area contributed by atoms with Crippen molar-refractivity contribution in [1.82, 2.24) is 25.7 Å². The largest absolute Gasteiger partial charge is 0.573 e. The quantitative estimate of drug-likeness (QED) is 0.262. The summed E-state index contributed by atoms with van der Waals surface area (Å²) in [6, 6.07) is 6.36. The topological polar surface area (TPSA) is 146 Å². The van der Waals surface area contributed by atoms with Crippen molar-refractivity contribution in [2.75, 3.05) is 10.7 Å². The van der Waals surface area contributed by atoms with E-state index in [1.807, 2.05) is 0 Å².